The largest absolute Gasteiger partial charge is 0.360 e. The van der Waals surface area contributed by atoms with E-state index < -0.39 is 0 Å². The van der Waals surface area contributed by atoms with E-state index >= 15 is 0 Å². The summed E-state index contributed by atoms with van der Waals surface area (Å²) >= 11 is 5.32. The van der Waals surface area contributed by atoms with E-state index in [-0.39, 0.29) is 0 Å². The third-order valence-electron chi connectivity index (χ3n) is 2.16. The van der Waals surface area contributed by atoms with E-state index in [9.17, 15) is 0 Å². The molecule has 76 valence electrons. The van der Waals surface area contributed by atoms with E-state index in [4.69, 9.17) is 12.2 Å². The van der Waals surface area contributed by atoms with Crippen LogP contribution in [0.2, 0.25) is 0 Å². The summed E-state index contributed by atoms with van der Waals surface area (Å²) in [6.07, 6.45) is 2.58. The zero-order chi connectivity index (χ0) is 9.84. The molecule has 0 bridgehead atoms. The van der Waals surface area contributed by atoms with Gasteiger partial charge in [-0.25, -0.2) is 0 Å². The van der Waals surface area contributed by atoms with E-state index in [1.807, 2.05) is 0 Å². The van der Waals surface area contributed by atoms with E-state index in [2.05, 4.69) is 31.0 Å². The van der Waals surface area contributed by atoms with Crippen LogP contribution in [0.25, 0.3) is 0 Å². The molecule has 0 aliphatic heterocycles. The van der Waals surface area contributed by atoms with Crippen molar-refractivity contribution in [1.82, 2.24) is 10.2 Å². The first kappa shape index (κ1) is 10.8. The standard InChI is InChI=1S/C10H20N2S/c1-4-12(7-8(2)3)10(13)11-9-5-6-9/h8-9H,4-7H2,1-3H3,(H,11,13). The molecule has 2 nitrogen and oxygen atoms in total. The minimum absolute atomic E-state index is 0.675. The molecule has 13 heavy (non-hydrogen) atoms. The lowest BCUT2D eigenvalue weighted by Gasteiger charge is -2.26. The average Bonchev–Trinajstić information content (AvgIpc) is 2.83. The number of rotatable bonds is 4. The topological polar surface area (TPSA) is 15.3 Å². The fraction of sp³-hybridized carbons (Fsp3) is 0.900. The van der Waals surface area contributed by atoms with Crippen molar-refractivity contribution in [3.05, 3.63) is 0 Å². The van der Waals surface area contributed by atoms with Crippen LogP contribution in [0, 0.1) is 5.92 Å². The summed E-state index contributed by atoms with van der Waals surface area (Å²) in [5.74, 6) is 0.680. The van der Waals surface area contributed by atoms with Crippen LogP contribution in [0.4, 0.5) is 0 Å². The highest BCUT2D eigenvalue weighted by atomic mass is 32.1. The Morgan fingerprint density at radius 2 is 2.15 bits per heavy atom. The van der Waals surface area contributed by atoms with E-state index in [0.717, 1.165) is 18.2 Å². The summed E-state index contributed by atoms with van der Waals surface area (Å²) in [5, 5.41) is 4.31. The lowest BCUT2D eigenvalue weighted by Crippen LogP contribution is -2.42. The Morgan fingerprint density at radius 3 is 2.54 bits per heavy atom. The molecule has 0 atom stereocenters. The Morgan fingerprint density at radius 1 is 1.54 bits per heavy atom. The van der Waals surface area contributed by atoms with Gasteiger partial charge in [0.25, 0.3) is 0 Å². The molecule has 0 radical (unpaired) electrons. The van der Waals surface area contributed by atoms with Crippen molar-refractivity contribution in [2.24, 2.45) is 5.92 Å². The van der Waals surface area contributed by atoms with Gasteiger partial charge in [0.2, 0.25) is 0 Å². The van der Waals surface area contributed by atoms with Crippen molar-refractivity contribution < 1.29 is 0 Å². The van der Waals surface area contributed by atoms with Crippen molar-refractivity contribution in [2.45, 2.75) is 39.7 Å². The van der Waals surface area contributed by atoms with Gasteiger partial charge in [-0.3, -0.25) is 0 Å². The summed E-state index contributed by atoms with van der Waals surface area (Å²) in [7, 11) is 0. The maximum atomic E-state index is 5.32. The molecular formula is C10H20N2S. The molecule has 0 saturated heterocycles. The normalized spacial score (nSPS) is 16.0. The van der Waals surface area contributed by atoms with Crippen molar-refractivity contribution in [1.29, 1.82) is 0 Å². The third-order valence-corrected chi connectivity index (χ3v) is 2.54. The number of nitrogens with one attached hydrogen (secondary N) is 1. The van der Waals surface area contributed by atoms with Gasteiger partial charge in [-0.2, -0.15) is 0 Å². The number of hydrogen-bond acceptors (Lipinski definition) is 1. The Bertz CT molecular complexity index is 176. The zero-order valence-corrected chi connectivity index (χ0v) is 9.66. The summed E-state index contributed by atoms with van der Waals surface area (Å²) in [6, 6.07) is 0.675. The molecule has 1 rings (SSSR count). The highest BCUT2D eigenvalue weighted by molar-refractivity contribution is 7.80. The molecule has 1 aliphatic rings. The number of nitrogens with zero attached hydrogens (tertiary/aromatic N) is 1. The van der Waals surface area contributed by atoms with Gasteiger partial charge in [0, 0.05) is 19.1 Å². The second-order valence-electron chi connectivity index (χ2n) is 4.16. The Kier molecular flexibility index (Phi) is 3.97. The first-order chi connectivity index (χ1) is 6.13. The lowest BCUT2D eigenvalue weighted by atomic mass is 10.2. The summed E-state index contributed by atoms with van der Waals surface area (Å²) in [6.45, 7) is 8.68. The quantitative estimate of drug-likeness (QED) is 0.699. The van der Waals surface area contributed by atoms with Gasteiger partial charge in [-0.05, 0) is 37.9 Å². The van der Waals surface area contributed by atoms with E-state index in [0.29, 0.717) is 12.0 Å². The van der Waals surface area contributed by atoms with Crippen LogP contribution in [0.5, 0.6) is 0 Å². The highest BCUT2D eigenvalue weighted by Crippen LogP contribution is 2.19. The highest BCUT2D eigenvalue weighted by Gasteiger charge is 2.23. The lowest BCUT2D eigenvalue weighted by molar-refractivity contribution is 0.375. The second kappa shape index (κ2) is 4.80. The molecule has 0 heterocycles. The fourth-order valence-corrected chi connectivity index (χ4v) is 1.66. The van der Waals surface area contributed by atoms with Gasteiger partial charge in [0.15, 0.2) is 5.11 Å². The first-order valence-electron chi connectivity index (χ1n) is 5.19. The van der Waals surface area contributed by atoms with Gasteiger partial charge >= 0.3 is 0 Å². The summed E-state index contributed by atoms with van der Waals surface area (Å²) < 4.78 is 0. The van der Waals surface area contributed by atoms with Crippen LogP contribution in [0.1, 0.15) is 33.6 Å². The van der Waals surface area contributed by atoms with Gasteiger partial charge in [-0.15, -0.1) is 0 Å². The van der Waals surface area contributed by atoms with Crippen molar-refractivity contribution in [3.8, 4) is 0 Å². The number of thiocarbonyl (C=S) groups is 1. The molecule has 0 amide bonds. The average molecular weight is 200 g/mol. The molecule has 1 aliphatic carbocycles. The van der Waals surface area contributed by atoms with Crippen LogP contribution >= 0.6 is 12.2 Å². The van der Waals surface area contributed by atoms with Crippen molar-refractivity contribution in [2.75, 3.05) is 13.1 Å². The molecule has 1 fully saturated rings. The van der Waals surface area contributed by atoms with Gasteiger partial charge in [-0.1, -0.05) is 13.8 Å². The summed E-state index contributed by atoms with van der Waals surface area (Å²) in [4.78, 5) is 2.25. The maximum absolute atomic E-state index is 5.32. The zero-order valence-electron chi connectivity index (χ0n) is 8.84. The van der Waals surface area contributed by atoms with Crippen LogP contribution in [0.15, 0.2) is 0 Å². The monoisotopic (exact) mass is 200 g/mol. The molecular weight excluding hydrogens is 180 g/mol. The minimum Gasteiger partial charge on any atom is -0.360 e. The van der Waals surface area contributed by atoms with E-state index in [1.54, 1.807) is 0 Å². The minimum atomic E-state index is 0.675. The van der Waals surface area contributed by atoms with Crippen LogP contribution < -0.4 is 5.32 Å². The second-order valence-corrected chi connectivity index (χ2v) is 4.54. The number of hydrogen-bond donors (Lipinski definition) is 1. The van der Waals surface area contributed by atoms with Crippen LogP contribution in [-0.2, 0) is 0 Å². The molecule has 0 unspecified atom stereocenters. The molecule has 1 N–H and O–H groups in total. The molecule has 0 spiro atoms. The molecule has 0 aromatic rings. The van der Waals surface area contributed by atoms with Crippen molar-refractivity contribution in [3.63, 3.8) is 0 Å². The van der Waals surface area contributed by atoms with Gasteiger partial charge in [0.05, 0.1) is 0 Å². The van der Waals surface area contributed by atoms with E-state index in [1.165, 1.54) is 12.8 Å². The maximum Gasteiger partial charge on any atom is 0.169 e. The predicted molar refractivity (Wildman–Crippen MR) is 60.8 cm³/mol. The Balaban J connectivity index is 2.30. The van der Waals surface area contributed by atoms with Gasteiger partial charge in [0.1, 0.15) is 0 Å². The molecule has 0 aromatic carbocycles. The Hall–Kier alpha value is -0.310. The molecule has 0 aromatic heterocycles. The predicted octanol–water partition coefficient (Wildman–Crippen LogP) is 2.00. The first-order valence-corrected chi connectivity index (χ1v) is 5.59. The van der Waals surface area contributed by atoms with Crippen LogP contribution in [-0.4, -0.2) is 29.1 Å². The molecule has 1 saturated carbocycles. The third kappa shape index (κ3) is 3.94. The fourth-order valence-electron chi connectivity index (χ4n) is 1.29. The summed E-state index contributed by atoms with van der Waals surface area (Å²) in [5.41, 5.74) is 0. The van der Waals surface area contributed by atoms with Gasteiger partial charge < -0.3 is 10.2 Å². The van der Waals surface area contributed by atoms with Crippen LogP contribution in [0.3, 0.4) is 0 Å². The Labute approximate surface area is 86.7 Å². The smallest absolute Gasteiger partial charge is 0.169 e. The SMILES string of the molecule is CCN(CC(C)C)C(=S)NC1CC1. The van der Waals surface area contributed by atoms with Crippen molar-refractivity contribution >= 4 is 17.3 Å². The molecule has 3 heteroatoms.